The predicted octanol–water partition coefficient (Wildman–Crippen LogP) is 2.03. The number of carbonyl (C=O) groups is 2. The third-order valence-electron chi connectivity index (χ3n) is 2.84. The zero-order valence-corrected chi connectivity index (χ0v) is 14.2. The van der Waals surface area contributed by atoms with Crippen LogP contribution in [0.15, 0.2) is 29.2 Å². The van der Waals surface area contributed by atoms with E-state index in [0.717, 1.165) is 6.26 Å². The van der Waals surface area contributed by atoms with Crippen LogP contribution in [0.5, 0.6) is 0 Å². The van der Waals surface area contributed by atoms with Crippen LogP contribution < -0.4 is 5.32 Å². The minimum atomic E-state index is -3.55. The van der Waals surface area contributed by atoms with Gasteiger partial charge in [-0.15, -0.1) is 0 Å². The second kappa shape index (κ2) is 6.08. The molecule has 22 heavy (non-hydrogen) atoms. The number of sulfone groups is 1. The van der Waals surface area contributed by atoms with Crippen molar-refractivity contribution in [1.82, 2.24) is 5.32 Å². The Balaban J connectivity index is 3.26. The van der Waals surface area contributed by atoms with Crippen molar-refractivity contribution < 1.29 is 22.7 Å². The molecule has 1 aromatic carbocycles. The summed E-state index contributed by atoms with van der Waals surface area (Å²) in [4.78, 5) is 23.5. The first kappa shape index (κ1) is 18.2. The summed E-state index contributed by atoms with van der Waals surface area (Å²) < 4.78 is 28.9. The van der Waals surface area contributed by atoms with Crippen molar-refractivity contribution in [3.63, 3.8) is 0 Å². The number of carbonyl (C=O) groups excluding carboxylic acids is 2. The summed E-state index contributed by atoms with van der Waals surface area (Å²) in [5.74, 6) is 0. The van der Waals surface area contributed by atoms with Gasteiger partial charge < -0.3 is 14.8 Å². The summed E-state index contributed by atoms with van der Waals surface area (Å²) in [5.41, 5.74) is -2.05. The molecule has 1 N–H and O–H groups in total. The Morgan fingerprint density at radius 2 is 1.73 bits per heavy atom. The lowest BCUT2D eigenvalue weighted by atomic mass is 9.94. The maximum absolute atomic E-state index is 11.9. The number of hydrogen-bond acceptors (Lipinski definition) is 5. The number of ether oxygens (including phenoxy) is 1. The fourth-order valence-electron chi connectivity index (χ4n) is 1.89. The van der Waals surface area contributed by atoms with E-state index in [4.69, 9.17) is 4.74 Å². The Bertz CT molecular complexity index is 675. The van der Waals surface area contributed by atoms with Gasteiger partial charge in [0.25, 0.3) is 0 Å². The van der Waals surface area contributed by atoms with Gasteiger partial charge >= 0.3 is 6.09 Å². The lowest BCUT2D eigenvalue weighted by molar-refractivity contribution is -0.113. The van der Waals surface area contributed by atoms with Gasteiger partial charge in [0.2, 0.25) is 0 Å². The molecule has 0 aromatic heterocycles. The lowest BCUT2D eigenvalue weighted by Gasteiger charge is -2.29. The molecule has 0 saturated heterocycles. The maximum atomic E-state index is 11.9. The number of alkyl carbamates (subject to hydrolysis) is 1. The molecule has 0 aliphatic carbocycles. The summed E-state index contributed by atoms with van der Waals surface area (Å²) in [6.45, 7) is 6.49. The van der Waals surface area contributed by atoms with Crippen LogP contribution in [0.4, 0.5) is 4.79 Å². The van der Waals surface area contributed by atoms with Gasteiger partial charge in [-0.1, -0.05) is 18.2 Å². The van der Waals surface area contributed by atoms with E-state index in [9.17, 15) is 18.0 Å². The lowest BCUT2D eigenvalue weighted by Crippen LogP contribution is -2.47. The van der Waals surface area contributed by atoms with Gasteiger partial charge in [-0.2, -0.15) is 0 Å². The fraction of sp³-hybridized carbons (Fsp3) is 0.467. The summed E-state index contributed by atoms with van der Waals surface area (Å²) in [6, 6.07) is 6.03. The van der Waals surface area contributed by atoms with E-state index < -0.39 is 27.1 Å². The van der Waals surface area contributed by atoms with Crippen LogP contribution in [0.25, 0.3) is 0 Å². The van der Waals surface area contributed by atoms with Crippen molar-refractivity contribution in [2.45, 2.75) is 43.7 Å². The third-order valence-corrected chi connectivity index (χ3v) is 4.00. The second-order valence-electron chi connectivity index (χ2n) is 6.22. The molecule has 0 saturated carbocycles. The van der Waals surface area contributed by atoms with E-state index in [1.807, 2.05) is 0 Å². The van der Waals surface area contributed by atoms with Gasteiger partial charge in [-0.05, 0) is 33.8 Å². The molecule has 0 aliphatic rings. The highest BCUT2D eigenvalue weighted by Gasteiger charge is 2.34. The van der Waals surface area contributed by atoms with Crippen molar-refractivity contribution >= 4 is 22.2 Å². The summed E-state index contributed by atoms with van der Waals surface area (Å²) >= 11 is 0. The molecule has 7 heteroatoms. The average Bonchev–Trinajstić information content (AvgIpc) is 2.35. The highest BCUT2D eigenvalue weighted by Crippen LogP contribution is 2.26. The monoisotopic (exact) mass is 327 g/mol. The van der Waals surface area contributed by atoms with E-state index in [-0.39, 0.29) is 10.5 Å². The maximum Gasteiger partial charge on any atom is 0.408 e. The highest BCUT2D eigenvalue weighted by molar-refractivity contribution is 7.90. The molecule has 6 nitrogen and oxygen atoms in total. The van der Waals surface area contributed by atoms with Crippen molar-refractivity contribution in [2.24, 2.45) is 0 Å². The Morgan fingerprint density at radius 3 is 2.18 bits per heavy atom. The van der Waals surface area contributed by atoms with Crippen LogP contribution in [-0.4, -0.2) is 32.7 Å². The quantitative estimate of drug-likeness (QED) is 0.855. The molecule has 0 bridgehead atoms. The van der Waals surface area contributed by atoms with Crippen LogP contribution in [-0.2, 0) is 24.9 Å². The molecule has 0 aliphatic heterocycles. The van der Waals surface area contributed by atoms with Crippen LogP contribution >= 0.6 is 0 Å². The van der Waals surface area contributed by atoms with Crippen molar-refractivity contribution in [2.75, 3.05) is 6.26 Å². The van der Waals surface area contributed by atoms with Gasteiger partial charge in [-0.25, -0.2) is 13.2 Å². The second-order valence-corrected chi connectivity index (χ2v) is 8.20. The molecule has 1 amide bonds. The van der Waals surface area contributed by atoms with E-state index in [0.29, 0.717) is 6.29 Å². The van der Waals surface area contributed by atoms with Crippen LogP contribution in [0.2, 0.25) is 0 Å². The number of benzene rings is 1. The molecule has 1 rings (SSSR count). The molecule has 0 heterocycles. The van der Waals surface area contributed by atoms with Gasteiger partial charge in [-0.3, -0.25) is 0 Å². The van der Waals surface area contributed by atoms with Crippen LogP contribution in [0, 0.1) is 0 Å². The van der Waals surface area contributed by atoms with Gasteiger partial charge in [0.05, 0.1) is 4.90 Å². The van der Waals surface area contributed by atoms with Crippen LogP contribution in [0.1, 0.15) is 33.3 Å². The molecule has 0 fully saturated rings. The minimum absolute atomic E-state index is 0.0133. The molecular formula is C15H21NO5S. The Labute approximate surface area is 130 Å². The smallest absolute Gasteiger partial charge is 0.408 e. The summed E-state index contributed by atoms with van der Waals surface area (Å²) in [7, 11) is -3.55. The van der Waals surface area contributed by atoms with Crippen molar-refractivity contribution in [3.05, 3.63) is 29.8 Å². The zero-order chi connectivity index (χ0) is 17.2. The Kier molecular flexibility index (Phi) is 5.02. The van der Waals surface area contributed by atoms with E-state index in [1.54, 1.807) is 32.9 Å². The first-order valence-corrected chi connectivity index (χ1v) is 8.55. The van der Waals surface area contributed by atoms with Crippen molar-refractivity contribution in [1.29, 1.82) is 0 Å². The molecule has 0 radical (unpaired) electrons. The SMILES string of the molecule is CC(C)(C)OC(=O)NC(C)(C=O)c1ccccc1S(C)(=O)=O. The topological polar surface area (TPSA) is 89.5 Å². The van der Waals surface area contributed by atoms with Gasteiger partial charge in [0.1, 0.15) is 17.4 Å². The number of amides is 1. The van der Waals surface area contributed by atoms with E-state index in [2.05, 4.69) is 5.32 Å². The molecule has 1 aromatic rings. The molecule has 1 unspecified atom stereocenters. The molecule has 122 valence electrons. The molecule has 1 atom stereocenters. The zero-order valence-electron chi connectivity index (χ0n) is 13.3. The standard InChI is InChI=1S/C15H21NO5S/c1-14(2,3)21-13(18)16-15(4,10-17)11-8-6-7-9-12(11)22(5,19)20/h6-10H,1-5H3,(H,16,18). The third kappa shape index (κ3) is 4.56. The molecular weight excluding hydrogens is 306 g/mol. The first-order chi connectivity index (χ1) is 9.89. The Hall–Kier alpha value is -1.89. The largest absolute Gasteiger partial charge is 0.444 e. The number of aldehydes is 1. The highest BCUT2D eigenvalue weighted by atomic mass is 32.2. The van der Waals surface area contributed by atoms with E-state index >= 15 is 0 Å². The summed E-state index contributed by atoms with van der Waals surface area (Å²) in [5, 5.41) is 2.43. The van der Waals surface area contributed by atoms with Crippen LogP contribution in [0.3, 0.4) is 0 Å². The fourth-order valence-corrected chi connectivity index (χ4v) is 2.90. The van der Waals surface area contributed by atoms with Crippen molar-refractivity contribution in [3.8, 4) is 0 Å². The number of nitrogens with one attached hydrogen (secondary N) is 1. The first-order valence-electron chi connectivity index (χ1n) is 6.66. The average molecular weight is 327 g/mol. The Morgan fingerprint density at radius 1 is 1.18 bits per heavy atom. The number of rotatable bonds is 4. The molecule has 0 spiro atoms. The van der Waals surface area contributed by atoms with E-state index in [1.165, 1.54) is 19.1 Å². The normalized spacial score (nSPS) is 14.8. The van der Waals surface area contributed by atoms with Gasteiger partial charge in [0.15, 0.2) is 9.84 Å². The summed E-state index contributed by atoms with van der Waals surface area (Å²) in [6.07, 6.45) is 0.733. The minimum Gasteiger partial charge on any atom is -0.444 e. The van der Waals surface area contributed by atoms with Gasteiger partial charge in [0, 0.05) is 11.8 Å². The number of hydrogen-bond donors (Lipinski definition) is 1. The predicted molar refractivity (Wildman–Crippen MR) is 82.3 cm³/mol.